The summed E-state index contributed by atoms with van der Waals surface area (Å²) >= 11 is 0. The number of ether oxygens (including phenoxy) is 2. The number of aryl methyl sites for hydroxylation is 1. The minimum Gasteiger partial charge on any atom is -0.497 e. The summed E-state index contributed by atoms with van der Waals surface area (Å²) in [6.45, 7) is 2.00. The van der Waals surface area contributed by atoms with Gasteiger partial charge in [0.05, 0.1) is 30.3 Å². The first-order valence-corrected chi connectivity index (χ1v) is 14.2. The first-order valence-electron chi connectivity index (χ1n) is 12.7. The predicted molar refractivity (Wildman–Crippen MR) is 147 cm³/mol. The lowest BCUT2D eigenvalue weighted by atomic mass is 10.00. The van der Waals surface area contributed by atoms with Crippen LogP contribution in [0, 0.1) is 0 Å². The molecule has 5 rings (SSSR count). The standard InChI is InChI=1S/C28H33N5O4S/c1-33-18-23(17-30-33)28(12-13-28)20-29-27-11-6-22-16-25(9-10-26(22)32-27)38(34,35)31-14-3-15-37-19-21-4-7-24(36-2)8-5-21/h4-11,16-18,31H,3,12-15,19-20H2,1-2H3,(H,29,32). The molecule has 1 fully saturated rings. The summed E-state index contributed by atoms with van der Waals surface area (Å²) in [4.78, 5) is 4.91. The van der Waals surface area contributed by atoms with Gasteiger partial charge in [0, 0.05) is 43.7 Å². The summed E-state index contributed by atoms with van der Waals surface area (Å²) in [5, 5.41) is 8.53. The van der Waals surface area contributed by atoms with Crippen LogP contribution in [-0.2, 0) is 33.8 Å². The van der Waals surface area contributed by atoms with Crippen LogP contribution < -0.4 is 14.8 Å². The van der Waals surface area contributed by atoms with Crippen LogP contribution >= 0.6 is 0 Å². The van der Waals surface area contributed by atoms with Crippen molar-refractivity contribution >= 4 is 26.7 Å². The van der Waals surface area contributed by atoms with Crippen molar-refractivity contribution in [1.82, 2.24) is 19.5 Å². The third-order valence-corrected chi connectivity index (χ3v) is 8.39. The molecule has 0 radical (unpaired) electrons. The number of nitrogens with zero attached hydrogens (tertiary/aromatic N) is 3. The van der Waals surface area contributed by atoms with E-state index in [1.807, 2.05) is 54.3 Å². The second-order valence-electron chi connectivity index (χ2n) is 9.74. The molecule has 0 unspecified atom stereocenters. The molecular weight excluding hydrogens is 502 g/mol. The van der Waals surface area contributed by atoms with Gasteiger partial charge in [0.1, 0.15) is 11.6 Å². The van der Waals surface area contributed by atoms with Gasteiger partial charge in [-0.1, -0.05) is 12.1 Å². The Balaban J connectivity index is 1.11. The lowest BCUT2D eigenvalue weighted by Crippen LogP contribution is -2.25. The highest BCUT2D eigenvalue weighted by Crippen LogP contribution is 2.48. The maximum absolute atomic E-state index is 12.8. The molecule has 0 bridgehead atoms. The third-order valence-electron chi connectivity index (χ3n) is 6.93. The van der Waals surface area contributed by atoms with Crippen LogP contribution in [0.4, 0.5) is 5.82 Å². The van der Waals surface area contributed by atoms with Gasteiger partial charge in [-0.25, -0.2) is 18.1 Å². The smallest absolute Gasteiger partial charge is 0.240 e. The van der Waals surface area contributed by atoms with E-state index in [1.165, 1.54) is 5.56 Å². The van der Waals surface area contributed by atoms with Crippen molar-refractivity contribution in [2.24, 2.45) is 7.05 Å². The van der Waals surface area contributed by atoms with Crippen molar-refractivity contribution in [2.45, 2.75) is 36.2 Å². The Labute approximate surface area is 223 Å². The number of nitrogens with one attached hydrogen (secondary N) is 2. The molecule has 0 saturated heterocycles. The summed E-state index contributed by atoms with van der Waals surface area (Å²) in [5.74, 6) is 1.57. The molecule has 0 amide bonds. The number of rotatable bonds is 13. The molecule has 0 atom stereocenters. The minimum absolute atomic E-state index is 0.120. The average molecular weight is 536 g/mol. The number of pyridine rings is 1. The quantitative estimate of drug-likeness (QED) is 0.249. The van der Waals surface area contributed by atoms with Crippen LogP contribution in [0.3, 0.4) is 0 Å². The first-order chi connectivity index (χ1) is 18.4. The van der Waals surface area contributed by atoms with Crippen LogP contribution in [0.5, 0.6) is 5.75 Å². The fraction of sp³-hybridized carbons (Fsp3) is 0.357. The van der Waals surface area contributed by atoms with Crippen LogP contribution in [0.15, 0.2) is 71.9 Å². The van der Waals surface area contributed by atoms with Gasteiger partial charge >= 0.3 is 0 Å². The fourth-order valence-corrected chi connectivity index (χ4v) is 5.53. The number of hydrogen-bond acceptors (Lipinski definition) is 7. The van der Waals surface area contributed by atoms with Gasteiger partial charge in [-0.2, -0.15) is 5.10 Å². The molecule has 0 spiro atoms. The van der Waals surface area contributed by atoms with Gasteiger partial charge in [0.15, 0.2) is 0 Å². The Kier molecular flexibility index (Phi) is 7.64. The maximum atomic E-state index is 12.8. The molecule has 1 aliphatic carbocycles. The molecule has 38 heavy (non-hydrogen) atoms. The number of methoxy groups -OCH3 is 1. The Morgan fingerprint density at radius 3 is 2.61 bits per heavy atom. The van der Waals surface area contributed by atoms with E-state index in [1.54, 1.807) is 25.3 Å². The zero-order chi connectivity index (χ0) is 26.6. The van der Waals surface area contributed by atoms with Gasteiger partial charge in [0.25, 0.3) is 0 Å². The number of fused-ring (bicyclic) bond motifs is 1. The zero-order valence-electron chi connectivity index (χ0n) is 21.7. The van der Waals surface area contributed by atoms with Gasteiger partial charge in [-0.05, 0) is 72.9 Å². The summed E-state index contributed by atoms with van der Waals surface area (Å²) in [6.07, 6.45) is 6.84. The Bertz CT molecular complexity index is 1500. The predicted octanol–water partition coefficient (Wildman–Crippen LogP) is 4.01. The molecule has 10 heteroatoms. The first kappa shape index (κ1) is 26.1. The molecule has 4 aromatic rings. The number of benzene rings is 2. The largest absolute Gasteiger partial charge is 0.497 e. The van der Waals surface area contributed by atoms with E-state index in [0.29, 0.717) is 26.2 Å². The molecule has 9 nitrogen and oxygen atoms in total. The Hall–Kier alpha value is -3.47. The summed E-state index contributed by atoms with van der Waals surface area (Å²) in [5.41, 5.74) is 3.15. The van der Waals surface area contributed by atoms with Crippen molar-refractivity contribution in [3.05, 3.63) is 78.1 Å². The molecule has 1 saturated carbocycles. The van der Waals surface area contributed by atoms with E-state index < -0.39 is 10.0 Å². The topological polar surface area (TPSA) is 107 Å². The number of aromatic nitrogens is 3. The molecule has 1 aliphatic rings. The van der Waals surface area contributed by atoms with Crippen molar-refractivity contribution in [2.75, 3.05) is 32.1 Å². The van der Waals surface area contributed by atoms with Gasteiger partial charge in [0.2, 0.25) is 10.0 Å². The SMILES string of the molecule is COc1ccc(COCCCNS(=O)(=O)c2ccc3nc(NCC4(c5cnn(C)c5)CC4)ccc3c2)cc1. The fourth-order valence-electron chi connectivity index (χ4n) is 4.42. The average Bonchev–Trinajstić information content (AvgIpc) is 3.60. The lowest BCUT2D eigenvalue weighted by molar-refractivity contribution is 0.119. The normalized spacial score (nSPS) is 14.5. The Morgan fingerprint density at radius 1 is 1.08 bits per heavy atom. The van der Waals surface area contributed by atoms with Crippen LogP contribution in [0.2, 0.25) is 0 Å². The van der Waals surface area contributed by atoms with E-state index in [4.69, 9.17) is 9.47 Å². The molecule has 0 aliphatic heterocycles. The van der Waals surface area contributed by atoms with Crippen molar-refractivity contribution in [3.63, 3.8) is 0 Å². The number of hydrogen-bond donors (Lipinski definition) is 2. The minimum atomic E-state index is -3.63. The molecule has 2 aromatic heterocycles. The number of anilines is 1. The summed E-state index contributed by atoms with van der Waals surface area (Å²) in [7, 11) is -0.0678. The molecule has 2 heterocycles. The highest BCUT2D eigenvalue weighted by molar-refractivity contribution is 7.89. The molecule has 200 valence electrons. The van der Waals surface area contributed by atoms with E-state index in [9.17, 15) is 8.42 Å². The molecule has 2 aromatic carbocycles. The van der Waals surface area contributed by atoms with Gasteiger partial charge in [-0.15, -0.1) is 0 Å². The monoisotopic (exact) mass is 535 g/mol. The van der Waals surface area contributed by atoms with Crippen LogP contribution in [-0.4, -0.2) is 50.0 Å². The van der Waals surface area contributed by atoms with Gasteiger partial charge < -0.3 is 14.8 Å². The third kappa shape index (κ3) is 6.15. The van der Waals surface area contributed by atoms with E-state index >= 15 is 0 Å². The summed E-state index contributed by atoms with van der Waals surface area (Å²) < 4.78 is 40.9. The number of sulfonamides is 1. The van der Waals surface area contributed by atoms with E-state index in [2.05, 4.69) is 26.3 Å². The lowest BCUT2D eigenvalue weighted by Gasteiger charge is -2.15. The van der Waals surface area contributed by atoms with Crippen molar-refractivity contribution < 1.29 is 17.9 Å². The maximum Gasteiger partial charge on any atom is 0.240 e. The van der Waals surface area contributed by atoms with E-state index in [0.717, 1.165) is 47.4 Å². The van der Waals surface area contributed by atoms with E-state index in [-0.39, 0.29) is 10.3 Å². The molecular formula is C28H33N5O4S. The van der Waals surface area contributed by atoms with Crippen LogP contribution in [0.25, 0.3) is 10.9 Å². The van der Waals surface area contributed by atoms with Gasteiger partial charge in [-0.3, -0.25) is 4.68 Å². The second-order valence-corrected chi connectivity index (χ2v) is 11.5. The Morgan fingerprint density at radius 2 is 1.89 bits per heavy atom. The van der Waals surface area contributed by atoms with Crippen molar-refractivity contribution in [1.29, 1.82) is 0 Å². The molecule has 2 N–H and O–H groups in total. The summed E-state index contributed by atoms with van der Waals surface area (Å²) in [6, 6.07) is 16.5. The second kappa shape index (κ2) is 11.1. The zero-order valence-corrected chi connectivity index (χ0v) is 22.5. The highest BCUT2D eigenvalue weighted by Gasteiger charge is 2.45. The highest BCUT2D eigenvalue weighted by atomic mass is 32.2. The van der Waals surface area contributed by atoms with Crippen LogP contribution in [0.1, 0.15) is 30.4 Å². The van der Waals surface area contributed by atoms with Crippen molar-refractivity contribution in [3.8, 4) is 5.75 Å².